The van der Waals surface area contributed by atoms with Crippen LogP contribution in [0.5, 0.6) is 0 Å². The number of ether oxygens (including phenoxy) is 2. The third-order valence-electron chi connectivity index (χ3n) is 5.33. The van der Waals surface area contributed by atoms with Crippen LogP contribution in [0.1, 0.15) is 30.4 Å². The second-order valence-electron chi connectivity index (χ2n) is 7.68. The first-order valence-electron chi connectivity index (χ1n) is 10.7. The van der Waals surface area contributed by atoms with Crippen molar-refractivity contribution in [2.75, 3.05) is 19.6 Å². The van der Waals surface area contributed by atoms with Crippen LogP contribution in [0.4, 0.5) is 14.0 Å². The van der Waals surface area contributed by atoms with E-state index in [2.05, 4.69) is 5.32 Å². The van der Waals surface area contributed by atoms with E-state index in [9.17, 15) is 14.0 Å². The molecule has 2 unspecified atom stereocenters. The number of nitrogens with one attached hydrogen (secondary N) is 1. The van der Waals surface area contributed by atoms with Crippen LogP contribution < -0.4 is 5.32 Å². The van der Waals surface area contributed by atoms with Gasteiger partial charge in [-0.1, -0.05) is 60.7 Å². The summed E-state index contributed by atoms with van der Waals surface area (Å²) in [6.07, 6.45) is -0.584. The molecule has 31 heavy (non-hydrogen) atoms. The van der Waals surface area contributed by atoms with Gasteiger partial charge >= 0.3 is 12.2 Å². The summed E-state index contributed by atoms with van der Waals surface area (Å²) in [6.45, 7) is 1.40. The molecular formula is C24H29FN2O4. The van der Waals surface area contributed by atoms with Gasteiger partial charge in [-0.3, -0.25) is 0 Å². The molecule has 2 aromatic carbocycles. The number of rotatable bonds is 7. The van der Waals surface area contributed by atoms with Crippen molar-refractivity contribution in [3.05, 3.63) is 71.8 Å². The molecule has 1 N–H and O–H groups in total. The van der Waals surface area contributed by atoms with Gasteiger partial charge in [0.05, 0.1) is 0 Å². The zero-order valence-corrected chi connectivity index (χ0v) is 17.5. The Balaban J connectivity index is 1.41. The molecule has 0 spiro atoms. The topological polar surface area (TPSA) is 67.9 Å². The van der Waals surface area contributed by atoms with E-state index in [-0.39, 0.29) is 32.2 Å². The van der Waals surface area contributed by atoms with Crippen LogP contribution in [0.2, 0.25) is 0 Å². The molecule has 0 aliphatic carbocycles. The zero-order chi connectivity index (χ0) is 21.9. The average Bonchev–Trinajstić information content (AvgIpc) is 2.99. The smallest absolute Gasteiger partial charge is 0.410 e. The van der Waals surface area contributed by atoms with Crippen LogP contribution in [0.15, 0.2) is 60.7 Å². The van der Waals surface area contributed by atoms with Crippen LogP contribution in [-0.2, 0) is 22.7 Å². The minimum Gasteiger partial charge on any atom is -0.445 e. The lowest BCUT2D eigenvalue weighted by atomic mass is 9.97. The highest BCUT2D eigenvalue weighted by molar-refractivity contribution is 5.68. The molecule has 0 bridgehead atoms. The number of carbonyl (C=O) groups is 2. The van der Waals surface area contributed by atoms with Crippen molar-refractivity contribution in [3.8, 4) is 0 Å². The maximum absolute atomic E-state index is 14.6. The summed E-state index contributed by atoms with van der Waals surface area (Å²) in [7, 11) is 0. The fraction of sp³-hybridized carbons (Fsp3) is 0.417. The van der Waals surface area contributed by atoms with Crippen LogP contribution in [0.25, 0.3) is 0 Å². The first-order chi connectivity index (χ1) is 15.1. The standard InChI is InChI=1S/C24H29FN2O4/c25-22-12-7-15-27(24(29)31-18-20-10-5-2-6-11-20)16-21(22)13-14-26-23(28)30-17-19-8-3-1-4-9-19/h1-6,8-11,21-22H,7,12-18H2,(H,26,28). The number of hydrogen-bond acceptors (Lipinski definition) is 4. The number of carbonyl (C=O) groups excluding carboxylic acids is 2. The summed E-state index contributed by atoms with van der Waals surface area (Å²) in [4.78, 5) is 25.9. The Morgan fingerprint density at radius 3 is 2.23 bits per heavy atom. The van der Waals surface area contributed by atoms with E-state index in [0.717, 1.165) is 11.1 Å². The molecule has 2 atom stereocenters. The highest BCUT2D eigenvalue weighted by Gasteiger charge is 2.29. The Labute approximate surface area is 182 Å². The van der Waals surface area contributed by atoms with Gasteiger partial charge in [-0.2, -0.15) is 0 Å². The van der Waals surface area contributed by atoms with Gasteiger partial charge < -0.3 is 19.7 Å². The van der Waals surface area contributed by atoms with Gasteiger partial charge in [0, 0.05) is 25.6 Å². The van der Waals surface area contributed by atoms with Gasteiger partial charge in [0.15, 0.2) is 0 Å². The molecule has 1 aliphatic rings. The summed E-state index contributed by atoms with van der Waals surface area (Å²) in [5.41, 5.74) is 1.80. The summed E-state index contributed by atoms with van der Waals surface area (Å²) < 4.78 is 25.1. The monoisotopic (exact) mass is 428 g/mol. The van der Waals surface area contributed by atoms with Crippen LogP contribution >= 0.6 is 0 Å². The molecule has 166 valence electrons. The highest BCUT2D eigenvalue weighted by Crippen LogP contribution is 2.23. The lowest BCUT2D eigenvalue weighted by Gasteiger charge is -2.25. The molecule has 3 rings (SSSR count). The summed E-state index contributed by atoms with van der Waals surface area (Å²) in [5.74, 6) is -0.360. The molecule has 7 heteroatoms. The van der Waals surface area contributed by atoms with Gasteiger partial charge in [-0.25, -0.2) is 14.0 Å². The lowest BCUT2D eigenvalue weighted by Crippen LogP contribution is -2.38. The number of nitrogens with zero attached hydrogens (tertiary/aromatic N) is 1. The molecule has 1 heterocycles. The molecule has 0 radical (unpaired) electrons. The second kappa shape index (κ2) is 11.9. The average molecular weight is 429 g/mol. The first kappa shape index (κ1) is 22.6. The number of alkyl halides is 1. The predicted octanol–water partition coefficient (Wildman–Crippen LogP) is 4.69. The van der Waals surface area contributed by atoms with Crippen molar-refractivity contribution in [2.45, 2.75) is 38.6 Å². The minimum atomic E-state index is -1.02. The second-order valence-corrected chi connectivity index (χ2v) is 7.68. The number of halogens is 1. The fourth-order valence-electron chi connectivity index (χ4n) is 3.58. The fourth-order valence-corrected chi connectivity index (χ4v) is 3.58. The molecule has 2 aromatic rings. The van der Waals surface area contributed by atoms with Gasteiger partial charge in [-0.15, -0.1) is 0 Å². The number of amides is 2. The lowest BCUT2D eigenvalue weighted by molar-refractivity contribution is 0.0880. The molecule has 0 aromatic heterocycles. The molecule has 6 nitrogen and oxygen atoms in total. The van der Waals surface area contributed by atoms with Gasteiger partial charge in [0.25, 0.3) is 0 Å². The van der Waals surface area contributed by atoms with Crippen LogP contribution in [-0.4, -0.2) is 42.9 Å². The normalized spacial score (nSPS) is 18.7. The van der Waals surface area contributed by atoms with Gasteiger partial charge in [0.1, 0.15) is 19.4 Å². The van der Waals surface area contributed by atoms with E-state index in [1.165, 1.54) is 0 Å². The quantitative estimate of drug-likeness (QED) is 0.695. The third-order valence-corrected chi connectivity index (χ3v) is 5.33. The largest absolute Gasteiger partial charge is 0.445 e. The Bertz CT molecular complexity index is 819. The Morgan fingerprint density at radius 1 is 0.968 bits per heavy atom. The molecule has 1 aliphatic heterocycles. The van der Waals surface area contributed by atoms with E-state index in [0.29, 0.717) is 25.8 Å². The summed E-state index contributed by atoms with van der Waals surface area (Å²) in [5, 5.41) is 2.67. The van der Waals surface area contributed by atoms with Crippen molar-refractivity contribution < 1.29 is 23.5 Å². The Kier molecular flexibility index (Phi) is 8.70. The van der Waals surface area contributed by atoms with Gasteiger partial charge in [-0.05, 0) is 30.4 Å². The zero-order valence-electron chi connectivity index (χ0n) is 17.5. The van der Waals surface area contributed by atoms with E-state index in [4.69, 9.17) is 9.47 Å². The molecular weight excluding hydrogens is 399 g/mol. The molecule has 0 saturated carbocycles. The van der Waals surface area contributed by atoms with Crippen molar-refractivity contribution in [2.24, 2.45) is 5.92 Å². The SMILES string of the molecule is O=C(NCCC1CN(C(=O)OCc2ccccc2)CCCC1F)OCc1ccccc1. The van der Waals surface area contributed by atoms with E-state index >= 15 is 0 Å². The number of alkyl carbamates (subject to hydrolysis) is 1. The third kappa shape index (κ3) is 7.59. The van der Waals surface area contributed by atoms with E-state index in [1.807, 2.05) is 60.7 Å². The molecule has 2 amide bonds. The first-order valence-corrected chi connectivity index (χ1v) is 10.7. The van der Waals surface area contributed by atoms with Crippen molar-refractivity contribution >= 4 is 12.2 Å². The van der Waals surface area contributed by atoms with Crippen LogP contribution in [0.3, 0.4) is 0 Å². The van der Waals surface area contributed by atoms with E-state index in [1.54, 1.807) is 4.90 Å². The maximum atomic E-state index is 14.6. The molecule has 1 fully saturated rings. The van der Waals surface area contributed by atoms with E-state index < -0.39 is 18.4 Å². The maximum Gasteiger partial charge on any atom is 0.410 e. The van der Waals surface area contributed by atoms with Gasteiger partial charge in [0.2, 0.25) is 0 Å². The van der Waals surface area contributed by atoms with Crippen molar-refractivity contribution in [3.63, 3.8) is 0 Å². The number of likely N-dealkylation sites (tertiary alicyclic amines) is 1. The number of benzene rings is 2. The highest BCUT2D eigenvalue weighted by atomic mass is 19.1. The summed E-state index contributed by atoms with van der Waals surface area (Å²) in [6, 6.07) is 18.8. The summed E-state index contributed by atoms with van der Waals surface area (Å²) >= 11 is 0. The molecule has 1 saturated heterocycles. The minimum absolute atomic E-state index is 0.183. The Hall–Kier alpha value is -3.09. The van der Waals surface area contributed by atoms with Crippen molar-refractivity contribution in [1.82, 2.24) is 10.2 Å². The Morgan fingerprint density at radius 2 is 1.58 bits per heavy atom. The van der Waals surface area contributed by atoms with Crippen LogP contribution in [0, 0.1) is 5.92 Å². The number of hydrogen-bond donors (Lipinski definition) is 1. The predicted molar refractivity (Wildman–Crippen MR) is 115 cm³/mol. The van der Waals surface area contributed by atoms with Crippen molar-refractivity contribution in [1.29, 1.82) is 0 Å².